The molecule has 2 N–H and O–H groups in total. The van der Waals surface area contributed by atoms with Crippen molar-refractivity contribution in [3.8, 4) is 17.1 Å². The molecule has 0 saturated heterocycles. The number of halogens is 1. The topological polar surface area (TPSA) is 68.3 Å². The third kappa shape index (κ3) is 5.34. The molecule has 0 spiro atoms. The third-order valence-corrected chi connectivity index (χ3v) is 4.31. The van der Waals surface area contributed by atoms with Crippen molar-refractivity contribution in [2.24, 2.45) is 0 Å². The fraction of sp³-hybridized carbons (Fsp3) is 0.238. The molecule has 28 heavy (non-hydrogen) atoms. The standard InChI is InChI=1S/C21H23ClN4O2/c1-27-12-6-11-23-19-14-20(24-16-9-10-18(28-2)17(22)13-16)26-21(25-19)15-7-4-3-5-8-15/h3-5,7-10,13-14H,6,11-12H2,1-2H3,(H2,23,24,25,26). The van der Waals surface area contributed by atoms with Gasteiger partial charge in [0.05, 0.1) is 12.1 Å². The van der Waals surface area contributed by atoms with Gasteiger partial charge in [-0.25, -0.2) is 9.97 Å². The number of nitrogens with zero attached hydrogens (tertiary/aromatic N) is 2. The van der Waals surface area contributed by atoms with Crippen LogP contribution >= 0.6 is 11.6 Å². The van der Waals surface area contributed by atoms with E-state index in [1.807, 2.05) is 48.5 Å². The van der Waals surface area contributed by atoms with Crippen LogP contribution in [0.2, 0.25) is 5.02 Å². The quantitative estimate of drug-likeness (QED) is 0.494. The number of hydrogen-bond acceptors (Lipinski definition) is 6. The predicted octanol–water partition coefficient (Wildman–Crippen LogP) is 5.00. The van der Waals surface area contributed by atoms with E-state index >= 15 is 0 Å². The first-order valence-electron chi connectivity index (χ1n) is 8.97. The molecule has 1 heterocycles. The SMILES string of the molecule is COCCCNc1cc(Nc2ccc(OC)c(Cl)c2)nc(-c2ccccc2)n1. The van der Waals surface area contributed by atoms with Crippen LogP contribution in [0.3, 0.4) is 0 Å². The number of hydrogen-bond donors (Lipinski definition) is 2. The Morgan fingerprint density at radius 3 is 2.46 bits per heavy atom. The number of aromatic nitrogens is 2. The van der Waals surface area contributed by atoms with Crippen LogP contribution in [0, 0.1) is 0 Å². The summed E-state index contributed by atoms with van der Waals surface area (Å²) >= 11 is 6.23. The fourth-order valence-electron chi connectivity index (χ4n) is 2.64. The second kappa shape index (κ2) is 9.92. The maximum Gasteiger partial charge on any atom is 0.163 e. The Morgan fingerprint density at radius 1 is 0.964 bits per heavy atom. The highest BCUT2D eigenvalue weighted by atomic mass is 35.5. The number of anilines is 3. The van der Waals surface area contributed by atoms with Crippen LogP contribution in [0.4, 0.5) is 17.3 Å². The van der Waals surface area contributed by atoms with Crippen LogP contribution in [-0.2, 0) is 4.74 Å². The number of ether oxygens (including phenoxy) is 2. The van der Waals surface area contributed by atoms with Crippen molar-refractivity contribution in [2.45, 2.75) is 6.42 Å². The predicted molar refractivity (Wildman–Crippen MR) is 114 cm³/mol. The van der Waals surface area contributed by atoms with Crippen molar-refractivity contribution >= 4 is 28.9 Å². The number of methoxy groups -OCH3 is 2. The van der Waals surface area contributed by atoms with Gasteiger partial charge in [-0.05, 0) is 24.6 Å². The van der Waals surface area contributed by atoms with Crippen LogP contribution in [0.1, 0.15) is 6.42 Å². The summed E-state index contributed by atoms with van der Waals surface area (Å²) in [7, 11) is 3.28. The minimum absolute atomic E-state index is 0.530. The van der Waals surface area contributed by atoms with Crippen LogP contribution in [0.5, 0.6) is 5.75 Å². The zero-order chi connectivity index (χ0) is 19.8. The Balaban J connectivity index is 1.87. The van der Waals surface area contributed by atoms with E-state index in [2.05, 4.69) is 20.6 Å². The second-order valence-electron chi connectivity index (χ2n) is 6.08. The van der Waals surface area contributed by atoms with Crippen LogP contribution in [-0.4, -0.2) is 37.3 Å². The summed E-state index contributed by atoms with van der Waals surface area (Å²) in [5.74, 6) is 2.68. The lowest BCUT2D eigenvalue weighted by molar-refractivity contribution is 0.198. The molecule has 0 atom stereocenters. The van der Waals surface area contributed by atoms with E-state index in [0.717, 1.165) is 30.0 Å². The molecule has 2 aromatic carbocycles. The number of nitrogens with one attached hydrogen (secondary N) is 2. The molecule has 7 heteroatoms. The van der Waals surface area contributed by atoms with Crippen molar-refractivity contribution in [3.05, 3.63) is 59.6 Å². The van der Waals surface area contributed by atoms with E-state index in [9.17, 15) is 0 Å². The highest BCUT2D eigenvalue weighted by Crippen LogP contribution is 2.29. The molecular formula is C21H23ClN4O2. The molecule has 3 rings (SSSR count). The van der Waals surface area contributed by atoms with Gasteiger partial charge < -0.3 is 20.1 Å². The van der Waals surface area contributed by atoms with Gasteiger partial charge in [0, 0.05) is 37.6 Å². The van der Waals surface area contributed by atoms with Gasteiger partial charge in [0.2, 0.25) is 0 Å². The number of rotatable bonds is 9. The van der Waals surface area contributed by atoms with Crippen molar-refractivity contribution in [1.29, 1.82) is 0 Å². The molecule has 0 amide bonds. The Morgan fingerprint density at radius 2 is 1.75 bits per heavy atom. The molecule has 0 bridgehead atoms. The lowest BCUT2D eigenvalue weighted by Crippen LogP contribution is -2.08. The Hall–Kier alpha value is -2.83. The van der Waals surface area contributed by atoms with Crippen molar-refractivity contribution in [1.82, 2.24) is 9.97 Å². The molecule has 0 unspecified atom stereocenters. The van der Waals surface area contributed by atoms with Gasteiger partial charge in [-0.2, -0.15) is 0 Å². The molecule has 0 saturated carbocycles. The van der Waals surface area contributed by atoms with Gasteiger partial charge >= 0.3 is 0 Å². The third-order valence-electron chi connectivity index (χ3n) is 4.01. The average Bonchev–Trinajstić information content (AvgIpc) is 2.72. The Bertz CT molecular complexity index is 906. The molecule has 146 valence electrons. The summed E-state index contributed by atoms with van der Waals surface area (Å²) in [5, 5.41) is 7.15. The second-order valence-corrected chi connectivity index (χ2v) is 6.48. The summed E-state index contributed by atoms with van der Waals surface area (Å²) in [6.07, 6.45) is 0.887. The van der Waals surface area contributed by atoms with Crippen LogP contribution < -0.4 is 15.4 Å². The fourth-order valence-corrected chi connectivity index (χ4v) is 2.90. The van der Waals surface area contributed by atoms with E-state index < -0.39 is 0 Å². The first-order valence-corrected chi connectivity index (χ1v) is 9.35. The van der Waals surface area contributed by atoms with Crippen LogP contribution in [0.25, 0.3) is 11.4 Å². The molecular weight excluding hydrogens is 376 g/mol. The van der Waals surface area contributed by atoms with Gasteiger partial charge in [-0.3, -0.25) is 0 Å². The molecule has 0 aliphatic rings. The van der Waals surface area contributed by atoms with Crippen LogP contribution in [0.15, 0.2) is 54.6 Å². The van der Waals surface area contributed by atoms with E-state index in [1.54, 1.807) is 20.3 Å². The van der Waals surface area contributed by atoms with Gasteiger partial charge in [0.1, 0.15) is 17.4 Å². The van der Waals surface area contributed by atoms with Crippen molar-refractivity contribution < 1.29 is 9.47 Å². The maximum absolute atomic E-state index is 6.23. The van der Waals surface area contributed by atoms with Crippen molar-refractivity contribution in [3.63, 3.8) is 0 Å². The minimum atomic E-state index is 0.530. The largest absolute Gasteiger partial charge is 0.495 e. The smallest absolute Gasteiger partial charge is 0.163 e. The Kier molecular flexibility index (Phi) is 7.06. The first kappa shape index (κ1) is 19.9. The highest BCUT2D eigenvalue weighted by molar-refractivity contribution is 6.32. The monoisotopic (exact) mass is 398 g/mol. The summed E-state index contributed by atoms with van der Waals surface area (Å²) in [6.45, 7) is 1.45. The Labute approximate surface area is 169 Å². The molecule has 0 fully saturated rings. The number of benzene rings is 2. The highest BCUT2D eigenvalue weighted by Gasteiger charge is 2.09. The lowest BCUT2D eigenvalue weighted by Gasteiger charge is -2.12. The summed E-state index contributed by atoms with van der Waals surface area (Å²) < 4.78 is 10.3. The summed E-state index contributed by atoms with van der Waals surface area (Å²) in [4.78, 5) is 9.29. The van der Waals surface area contributed by atoms with Gasteiger partial charge in [0.25, 0.3) is 0 Å². The molecule has 3 aromatic rings. The minimum Gasteiger partial charge on any atom is -0.495 e. The molecule has 1 aromatic heterocycles. The average molecular weight is 399 g/mol. The molecule has 6 nitrogen and oxygen atoms in total. The van der Waals surface area contributed by atoms with E-state index in [-0.39, 0.29) is 0 Å². The van der Waals surface area contributed by atoms with Gasteiger partial charge in [-0.15, -0.1) is 0 Å². The van der Waals surface area contributed by atoms with E-state index in [0.29, 0.717) is 29.0 Å². The van der Waals surface area contributed by atoms with E-state index in [4.69, 9.17) is 21.1 Å². The zero-order valence-electron chi connectivity index (χ0n) is 15.9. The van der Waals surface area contributed by atoms with Gasteiger partial charge in [-0.1, -0.05) is 41.9 Å². The summed E-state index contributed by atoms with van der Waals surface area (Å²) in [6, 6.07) is 17.2. The molecule has 0 aliphatic heterocycles. The first-order chi connectivity index (χ1) is 13.7. The van der Waals surface area contributed by atoms with E-state index in [1.165, 1.54) is 0 Å². The summed E-state index contributed by atoms with van der Waals surface area (Å²) in [5.41, 5.74) is 1.76. The maximum atomic E-state index is 6.23. The van der Waals surface area contributed by atoms with Gasteiger partial charge in [0.15, 0.2) is 5.82 Å². The lowest BCUT2D eigenvalue weighted by atomic mass is 10.2. The molecule has 0 radical (unpaired) electrons. The van der Waals surface area contributed by atoms with Crippen molar-refractivity contribution in [2.75, 3.05) is 38.0 Å². The normalized spacial score (nSPS) is 10.5. The zero-order valence-corrected chi connectivity index (χ0v) is 16.7. The molecule has 0 aliphatic carbocycles.